The fraction of sp³-hybridized carbons (Fsp3) is 0.438. The van der Waals surface area contributed by atoms with Gasteiger partial charge in [-0.05, 0) is 24.0 Å². The van der Waals surface area contributed by atoms with Crippen molar-refractivity contribution in [1.29, 1.82) is 0 Å². The van der Waals surface area contributed by atoms with Crippen LogP contribution in [-0.2, 0) is 11.2 Å². The molecule has 110 valence electrons. The lowest BCUT2D eigenvalue weighted by atomic mass is 10.1. The van der Waals surface area contributed by atoms with Gasteiger partial charge in [0.15, 0.2) is 0 Å². The average Bonchev–Trinajstić information content (AvgIpc) is 3.08. The van der Waals surface area contributed by atoms with Crippen molar-refractivity contribution in [2.24, 2.45) is 11.3 Å². The van der Waals surface area contributed by atoms with Gasteiger partial charge in [-0.1, -0.05) is 26.0 Å². The third-order valence-electron chi connectivity index (χ3n) is 4.15. The van der Waals surface area contributed by atoms with E-state index in [-0.39, 0.29) is 22.8 Å². The third-order valence-corrected chi connectivity index (χ3v) is 4.15. The smallest absolute Gasteiger partial charge is 0.258 e. The van der Waals surface area contributed by atoms with Crippen molar-refractivity contribution in [2.75, 3.05) is 6.54 Å². The maximum absolute atomic E-state index is 11.9. The first-order valence-corrected chi connectivity index (χ1v) is 7.23. The first kappa shape index (κ1) is 13.8. The number of hydrogen-bond acceptors (Lipinski definition) is 3. The molecule has 1 fully saturated rings. The van der Waals surface area contributed by atoms with Crippen LogP contribution >= 0.6 is 0 Å². The highest BCUT2D eigenvalue weighted by Gasteiger charge is 2.50. The van der Waals surface area contributed by atoms with Gasteiger partial charge in [0.1, 0.15) is 5.82 Å². The molecule has 2 N–H and O–H groups in total. The Hall–Kier alpha value is -2.17. The maximum atomic E-state index is 11.9. The van der Waals surface area contributed by atoms with E-state index in [0.29, 0.717) is 29.7 Å². The minimum absolute atomic E-state index is 0.100. The Balaban J connectivity index is 1.63. The van der Waals surface area contributed by atoms with E-state index in [4.69, 9.17) is 0 Å². The van der Waals surface area contributed by atoms with Gasteiger partial charge < -0.3 is 10.3 Å². The van der Waals surface area contributed by atoms with Gasteiger partial charge in [-0.2, -0.15) is 0 Å². The van der Waals surface area contributed by atoms with E-state index in [0.717, 1.165) is 6.42 Å². The monoisotopic (exact) mass is 285 g/mol. The summed E-state index contributed by atoms with van der Waals surface area (Å²) >= 11 is 0. The number of rotatable bonds is 4. The van der Waals surface area contributed by atoms with Crippen LogP contribution < -0.4 is 10.9 Å². The van der Waals surface area contributed by atoms with Gasteiger partial charge >= 0.3 is 0 Å². The van der Waals surface area contributed by atoms with E-state index < -0.39 is 0 Å². The molecule has 1 amide bonds. The Morgan fingerprint density at radius 1 is 1.43 bits per heavy atom. The Morgan fingerprint density at radius 2 is 2.14 bits per heavy atom. The molecule has 0 bridgehead atoms. The standard InChI is InChI=1S/C16H19N3O2/c1-16(2)9-11(16)15(21)17-8-7-13-18-12-6-4-3-5-10(12)14(20)19-13/h3-6,11H,7-9H2,1-2H3,(H,17,21)(H,18,19,20). The second-order valence-electron chi connectivity index (χ2n) is 6.32. The van der Waals surface area contributed by atoms with Gasteiger partial charge in [-0.25, -0.2) is 4.98 Å². The molecule has 1 atom stereocenters. The first-order valence-electron chi connectivity index (χ1n) is 7.23. The normalized spacial score (nSPS) is 19.4. The van der Waals surface area contributed by atoms with Crippen LogP contribution in [0.3, 0.4) is 0 Å². The van der Waals surface area contributed by atoms with E-state index in [1.54, 1.807) is 6.07 Å². The van der Waals surface area contributed by atoms with Crippen molar-refractivity contribution in [3.8, 4) is 0 Å². The molecule has 0 aliphatic heterocycles. The molecule has 1 aromatic carbocycles. The number of para-hydroxylation sites is 1. The second-order valence-corrected chi connectivity index (χ2v) is 6.32. The molecular weight excluding hydrogens is 266 g/mol. The number of aromatic nitrogens is 2. The Labute approximate surface area is 122 Å². The molecule has 1 saturated carbocycles. The molecule has 1 aliphatic carbocycles. The highest BCUT2D eigenvalue weighted by molar-refractivity contribution is 5.82. The highest BCUT2D eigenvalue weighted by Crippen LogP contribution is 2.51. The number of nitrogens with zero attached hydrogens (tertiary/aromatic N) is 1. The summed E-state index contributed by atoms with van der Waals surface area (Å²) in [6.07, 6.45) is 1.48. The average molecular weight is 285 g/mol. The Bertz CT molecular complexity index is 749. The lowest BCUT2D eigenvalue weighted by Crippen LogP contribution is -2.29. The second kappa shape index (κ2) is 4.98. The number of hydrogen-bond donors (Lipinski definition) is 2. The summed E-state index contributed by atoms with van der Waals surface area (Å²) in [5.41, 5.74) is 0.690. The van der Waals surface area contributed by atoms with Gasteiger partial charge in [0.05, 0.1) is 10.9 Å². The van der Waals surface area contributed by atoms with E-state index in [1.807, 2.05) is 18.2 Å². The summed E-state index contributed by atoms with van der Waals surface area (Å²) in [5, 5.41) is 3.50. The summed E-state index contributed by atoms with van der Waals surface area (Å²) in [7, 11) is 0. The van der Waals surface area contributed by atoms with Crippen LogP contribution in [0.15, 0.2) is 29.1 Å². The topological polar surface area (TPSA) is 74.8 Å². The van der Waals surface area contributed by atoms with Crippen molar-refractivity contribution in [2.45, 2.75) is 26.7 Å². The molecule has 0 saturated heterocycles. The zero-order chi connectivity index (χ0) is 15.0. The van der Waals surface area contributed by atoms with Crippen molar-refractivity contribution < 1.29 is 4.79 Å². The molecule has 1 heterocycles. The third kappa shape index (κ3) is 2.82. The number of nitrogens with one attached hydrogen (secondary N) is 2. The maximum Gasteiger partial charge on any atom is 0.258 e. The molecule has 1 aliphatic rings. The zero-order valence-corrected chi connectivity index (χ0v) is 12.3. The van der Waals surface area contributed by atoms with Crippen LogP contribution in [0.5, 0.6) is 0 Å². The molecule has 0 radical (unpaired) electrons. The van der Waals surface area contributed by atoms with Gasteiger partial charge in [0.25, 0.3) is 5.56 Å². The molecule has 1 aromatic heterocycles. The molecule has 2 aromatic rings. The number of carbonyl (C=O) groups is 1. The number of benzene rings is 1. The summed E-state index contributed by atoms with van der Waals surface area (Å²) < 4.78 is 0. The van der Waals surface area contributed by atoms with Crippen molar-refractivity contribution in [1.82, 2.24) is 15.3 Å². The van der Waals surface area contributed by atoms with Crippen LogP contribution in [-0.4, -0.2) is 22.4 Å². The quantitative estimate of drug-likeness (QED) is 0.896. The summed E-state index contributed by atoms with van der Waals surface area (Å²) in [6.45, 7) is 4.69. The van der Waals surface area contributed by atoms with Crippen LogP contribution in [0.4, 0.5) is 0 Å². The van der Waals surface area contributed by atoms with Crippen molar-refractivity contribution >= 4 is 16.8 Å². The molecule has 21 heavy (non-hydrogen) atoms. The number of H-pyrrole nitrogens is 1. The predicted octanol–water partition coefficient (Wildman–Crippen LogP) is 1.63. The Morgan fingerprint density at radius 3 is 2.86 bits per heavy atom. The van der Waals surface area contributed by atoms with Gasteiger partial charge in [-0.15, -0.1) is 0 Å². The minimum atomic E-state index is -0.134. The number of fused-ring (bicyclic) bond motifs is 1. The first-order chi connectivity index (χ1) is 9.97. The Kier molecular flexibility index (Phi) is 3.27. The molecule has 5 nitrogen and oxygen atoms in total. The van der Waals surface area contributed by atoms with Crippen LogP contribution in [0.2, 0.25) is 0 Å². The van der Waals surface area contributed by atoms with E-state index in [9.17, 15) is 9.59 Å². The lowest BCUT2D eigenvalue weighted by Gasteiger charge is -2.06. The summed E-state index contributed by atoms with van der Waals surface area (Å²) in [4.78, 5) is 31.0. The van der Waals surface area contributed by atoms with Gasteiger partial charge in [-0.3, -0.25) is 9.59 Å². The number of aromatic amines is 1. The fourth-order valence-electron chi connectivity index (χ4n) is 2.60. The lowest BCUT2D eigenvalue weighted by molar-refractivity contribution is -0.122. The highest BCUT2D eigenvalue weighted by atomic mass is 16.2. The molecule has 3 rings (SSSR count). The summed E-state index contributed by atoms with van der Waals surface area (Å²) in [5.74, 6) is 0.832. The minimum Gasteiger partial charge on any atom is -0.355 e. The fourth-order valence-corrected chi connectivity index (χ4v) is 2.60. The molecule has 0 spiro atoms. The van der Waals surface area contributed by atoms with Gasteiger partial charge in [0.2, 0.25) is 5.91 Å². The van der Waals surface area contributed by atoms with Gasteiger partial charge in [0, 0.05) is 18.9 Å². The largest absolute Gasteiger partial charge is 0.355 e. The SMILES string of the molecule is CC1(C)CC1C(=O)NCCc1nc2ccccc2c(=O)[nH]1. The predicted molar refractivity (Wildman–Crippen MR) is 81.0 cm³/mol. The van der Waals surface area contributed by atoms with E-state index in [1.165, 1.54) is 0 Å². The summed E-state index contributed by atoms with van der Waals surface area (Å²) in [6, 6.07) is 7.24. The molecule has 5 heteroatoms. The van der Waals surface area contributed by atoms with Crippen LogP contribution in [0.25, 0.3) is 10.9 Å². The van der Waals surface area contributed by atoms with Crippen LogP contribution in [0.1, 0.15) is 26.1 Å². The van der Waals surface area contributed by atoms with Crippen molar-refractivity contribution in [3.05, 3.63) is 40.4 Å². The molecular formula is C16H19N3O2. The number of carbonyl (C=O) groups excluding carboxylic acids is 1. The van der Waals surface area contributed by atoms with Crippen LogP contribution in [0, 0.1) is 11.3 Å². The zero-order valence-electron chi connectivity index (χ0n) is 12.3. The molecule has 1 unspecified atom stereocenters. The van der Waals surface area contributed by atoms with E-state index >= 15 is 0 Å². The number of amides is 1. The van der Waals surface area contributed by atoms with Crippen molar-refractivity contribution in [3.63, 3.8) is 0 Å². The van der Waals surface area contributed by atoms with E-state index in [2.05, 4.69) is 29.1 Å².